The summed E-state index contributed by atoms with van der Waals surface area (Å²) in [4.78, 5) is 0. The SMILES string of the molecule is COc1ccc(OC)c(NCc2ccc(Br)o2)c1. The summed E-state index contributed by atoms with van der Waals surface area (Å²) in [5.74, 6) is 2.38. The Hall–Kier alpha value is -1.62. The molecule has 0 aliphatic rings. The Morgan fingerprint density at radius 3 is 2.61 bits per heavy atom. The van der Waals surface area contributed by atoms with Crippen molar-refractivity contribution in [3.05, 3.63) is 40.8 Å². The second-order valence-electron chi connectivity index (χ2n) is 3.63. The Balaban J connectivity index is 2.11. The lowest BCUT2D eigenvalue weighted by Crippen LogP contribution is -2.00. The zero-order valence-corrected chi connectivity index (χ0v) is 11.8. The van der Waals surface area contributed by atoms with Crippen LogP contribution in [0.5, 0.6) is 11.5 Å². The Kier molecular flexibility index (Phi) is 4.15. The van der Waals surface area contributed by atoms with Crippen LogP contribution in [0.25, 0.3) is 0 Å². The number of methoxy groups -OCH3 is 2. The molecule has 5 heteroatoms. The van der Waals surface area contributed by atoms with Crippen molar-refractivity contribution in [3.8, 4) is 11.5 Å². The first-order chi connectivity index (χ1) is 8.72. The van der Waals surface area contributed by atoms with Crippen LogP contribution in [0.2, 0.25) is 0 Å². The average molecular weight is 312 g/mol. The van der Waals surface area contributed by atoms with Gasteiger partial charge in [-0.25, -0.2) is 0 Å². The van der Waals surface area contributed by atoms with E-state index >= 15 is 0 Å². The van der Waals surface area contributed by atoms with Crippen molar-refractivity contribution in [2.45, 2.75) is 6.54 Å². The van der Waals surface area contributed by atoms with Gasteiger partial charge in [0.2, 0.25) is 0 Å². The highest BCUT2D eigenvalue weighted by molar-refractivity contribution is 9.10. The number of furan rings is 1. The van der Waals surface area contributed by atoms with Gasteiger partial charge in [-0.2, -0.15) is 0 Å². The number of rotatable bonds is 5. The van der Waals surface area contributed by atoms with E-state index in [1.807, 2.05) is 30.3 Å². The van der Waals surface area contributed by atoms with E-state index in [0.29, 0.717) is 6.54 Å². The lowest BCUT2D eigenvalue weighted by Gasteiger charge is -2.11. The number of hydrogen-bond donors (Lipinski definition) is 1. The minimum absolute atomic E-state index is 0.578. The fourth-order valence-corrected chi connectivity index (χ4v) is 1.92. The maximum atomic E-state index is 5.42. The summed E-state index contributed by atoms with van der Waals surface area (Å²) < 4.78 is 16.6. The number of halogens is 1. The fourth-order valence-electron chi connectivity index (χ4n) is 1.58. The monoisotopic (exact) mass is 311 g/mol. The highest BCUT2D eigenvalue weighted by atomic mass is 79.9. The third kappa shape index (κ3) is 2.98. The predicted molar refractivity (Wildman–Crippen MR) is 73.3 cm³/mol. The molecule has 18 heavy (non-hydrogen) atoms. The minimum Gasteiger partial charge on any atom is -0.497 e. The molecule has 1 heterocycles. The molecule has 0 aliphatic heterocycles. The molecule has 0 fully saturated rings. The molecule has 0 radical (unpaired) electrons. The van der Waals surface area contributed by atoms with E-state index in [9.17, 15) is 0 Å². The zero-order chi connectivity index (χ0) is 13.0. The van der Waals surface area contributed by atoms with Crippen LogP contribution in [-0.2, 0) is 6.54 Å². The fraction of sp³-hybridized carbons (Fsp3) is 0.231. The Morgan fingerprint density at radius 2 is 2.00 bits per heavy atom. The van der Waals surface area contributed by atoms with E-state index in [1.165, 1.54) is 0 Å². The maximum absolute atomic E-state index is 5.42. The summed E-state index contributed by atoms with van der Waals surface area (Å²) >= 11 is 3.27. The zero-order valence-electron chi connectivity index (χ0n) is 10.2. The average Bonchev–Trinajstić information content (AvgIpc) is 2.81. The largest absolute Gasteiger partial charge is 0.497 e. The number of hydrogen-bond acceptors (Lipinski definition) is 4. The lowest BCUT2D eigenvalue weighted by atomic mass is 10.2. The van der Waals surface area contributed by atoms with Gasteiger partial charge in [0.05, 0.1) is 26.5 Å². The highest BCUT2D eigenvalue weighted by Crippen LogP contribution is 2.29. The van der Waals surface area contributed by atoms with Crippen LogP contribution in [0, 0.1) is 0 Å². The van der Waals surface area contributed by atoms with Crippen molar-refractivity contribution in [3.63, 3.8) is 0 Å². The highest BCUT2D eigenvalue weighted by Gasteiger charge is 2.06. The summed E-state index contributed by atoms with van der Waals surface area (Å²) in [6.45, 7) is 0.578. The summed E-state index contributed by atoms with van der Waals surface area (Å²) in [5, 5.41) is 3.25. The molecule has 2 rings (SSSR count). The molecule has 1 aromatic carbocycles. The molecule has 0 unspecified atom stereocenters. The van der Waals surface area contributed by atoms with E-state index in [2.05, 4.69) is 21.2 Å². The van der Waals surface area contributed by atoms with Crippen LogP contribution in [-0.4, -0.2) is 14.2 Å². The molecule has 1 N–H and O–H groups in total. The van der Waals surface area contributed by atoms with Gasteiger partial charge in [0.15, 0.2) is 4.67 Å². The first-order valence-corrected chi connectivity index (χ1v) is 6.22. The molecule has 0 bridgehead atoms. The van der Waals surface area contributed by atoms with Crippen molar-refractivity contribution in [1.29, 1.82) is 0 Å². The van der Waals surface area contributed by atoms with Gasteiger partial charge in [0, 0.05) is 6.07 Å². The third-order valence-electron chi connectivity index (χ3n) is 2.49. The molecule has 0 atom stereocenters. The Bertz CT molecular complexity index is 525. The molecule has 0 amide bonds. The molecule has 0 saturated carbocycles. The van der Waals surface area contributed by atoms with Crippen molar-refractivity contribution < 1.29 is 13.9 Å². The second-order valence-corrected chi connectivity index (χ2v) is 4.41. The molecular formula is C13H14BrNO3. The van der Waals surface area contributed by atoms with Gasteiger partial charge in [-0.3, -0.25) is 0 Å². The standard InChI is InChI=1S/C13H14BrNO3/c1-16-9-3-5-12(17-2)11(7-9)15-8-10-4-6-13(14)18-10/h3-7,15H,8H2,1-2H3. The second kappa shape index (κ2) is 5.82. The summed E-state index contributed by atoms with van der Waals surface area (Å²) in [5.41, 5.74) is 0.865. The Labute approximate surface area is 114 Å². The van der Waals surface area contributed by atoms with Crippen molar-refractivity contribution >= 4 is 21.6 Å². The first-order valence-electron chi connectivity index (χ1n) is 5.43. The van der Waals surface area contributed by atoms with Gasteiger partial charge in [-0.15, -0.1) is 0 Å². The first kappa shape index (κ1) is 12.8. The van der Waals surface area contributed by atoms with Gasteiger partial charge >= 0.3 is 0 Å². The number of ether oxygens (including phenoxy) is 2. The van der Waals surface area contributed by atoms with Gasteiger partial charge in [0.1, 0.15) is 17.3 Å². The van der Waals surface area contributed by atoms with Crippen LogP contribution in [0.4, 0.5) is 5.69 Å². The smallest absolute Gasteiger partial charge is 0.169 e. The van der Waals surface area contributed by atoms with Gasteiger partial charge in [-0.1, -0.05) is 0 Å². The van der Waals surface area contributed by atoms with E-state index in [0.717, 1.165) is 27.6 Å². The molecule has 96 valence electrons. The van der Waals surface area contributed by atoms with Crippen LogP contribution in [0.1, 0.15) is 5.76 Å². The van der Waals surface area contributed by atoms with Gasteiger partial charge in [0.25, 0.3) is 0 Å². The third-order valence-corrected chi connectivity index (χ3v) is 2.91. The van der Waals surface area contributed by atoms with Crippen LogP contribution < -0.4 is 14.8 Å². The van der Waals surface area contributed by atoms with Crippen molar-refractivity contribution in [1.82, 2.24) is 0 Å². The van der Waals surface area contributed by atoms with Crippen molar-refractivity contribution in [2.24, 2.45) is 0 Å². The normalized spacial score (nSPS) is 10.2. The minimum atomic E-state index is 0.578. The van der Waals surface area contributed by atoms with E-state index in [1.54, 1.807) is 14.2 Å². The quantitative estimate of drug-likeness (QED) is 0.915. The van der Waals surface area contributed by atoms with Crippen LogP contribution in [0.15, 0.2) is 39.4 Å². The molecule has 0 saturated heterocycles. The van der Waals surface area contributed by atoms with E-state index in [-0.39, 0.29) is 0 Å². The lowest BCUT2D eigenvalue weighted by molar-refractivity contribution is 0.404. The summed E-state index contributed by atoms with van der Waals surface area (Å²) in [7, 11) is 3.27. The molecule has 1 aromatic heterocycles. The molecule has 0 aliphatic carbocycles. The molecule has 4 nitrogen and oxygen atoms in total. The van der Waals surface area contributed by atoms with E-state index < -0.39 is 0 Å². The van der Waals surface area contributed by atoms with Gasteiger partial charge < -0.3 is 19.2 Å². The number of nitrogens with one attached hydrogen (secondary N) is 1. The molecular weight excluding hydrogens is 298 g/mol. The predicted octanol–water partition coefficient (Wildman–Crippen LogP) is 3.67. The maximum Gasteiger partial charge on any atom is 0.169 e. The molecule has 0 spiro atoms. The van der Waals surface area contributed by atoms with Crippen molar-refractivity contribution in [2.75, 3.05) is 19.5 Å². The van der Waals surface area contributed by atoms with Crippen LogP contribution >= 0.6 is 15.9 Å². The van der Waals surface area contributed by atoms with E-state index in [4.69, 9.17) is 13.9 Å². The molecule has 2 aromatic rings. The topological polar surface area (TPSA) is 43.6 Å². The van der Waals surface area contributed by atoms with Crippen LogP contribution in [0.3, 0.4) is 0 Å². The number of anilines is 1. The summed E-state index contributed by atoms with van der Waals surface area (Å²) in [6.07, 6.45) is 0. The Morgan fingerprint density at radius 1 is 1.17 bits per heavy atom. The summed E-state index contributed by atoms with van der Waals surface area (Å²) in [6, 6.07) is 9.37. The van der Waals surface area contributed by atoms with Gasteiger partial charge in [-0.05, 0) is 40.2 Å². The number of benzene rings is 1.